The molecule has 0 aliphatic carbocycles. The number of nitrogens with zero attached hydrogens (tertiary/aromatic N) is 1. The lowest BCUT2D eigenvalue weighted by molar-refractivity contribution is 0.588. The Balaban J connectivity index is 2.30. The van der Waals surface area contributed by atoms with Crippen LogP contribution < -0.4 is 10.2 Å². The fourth-order valence-electron chi connectivity index (χ4n) is 1.88. The lowest BCUT2D eigenvalue weighted by Crippen LogP contribution is -2.43. The van der Waals surface area contributed by atoms with Crippen LogP contribution in [0.4, 0.5) is 5.69 Å². The molecule has 0 radical (unpaired) electrons. The van der Waals surface area contributed by atoms with E-state index in [1.807, 2.05) is 12.1 Å². The lowest BCUT2D eigenvalue weighted by atomic mass is 10.1. The molecule has 0 bridgehead atoms. The molecule has 0 aromatic heterocycles. The van der Waals surface area contributed by atoms with Crippen molar-refractivity contribution >= 4 is 28.9 Å². The second-order valence-corrected chi connectivity index (χ2v) is 4.60. The van der Waals surface area contributed by atoms with Gasteiger partial charge in [0.15, 0.2) is 0 Å². The average molecular weight is 245 g/mol. The monoisotopic (exact) mass is 244 g/mol. The molecule has 1 aromatic carbocycles. The zero-order chi connectivity index (χ0) is 10.8. The zero-order valence-corrected chi connectivity index (χ0v) is 10.2. The van der Waals surface area contributed by atoms with Crippen LogP contribution in [0.1, 0.15) is 5.56 Å². The number of nitrogens with one attached hydrogen (secondary N) is 1. The van der Waals surface area contributed by atoms with Gasteiger partial charge in [0, 0.05) is 31.9 Å². The molecular formula is C11H14Cl2N2. The summed E-state index contributed by atoms with van der Waals surface area (Å²) in [5.41, 5.74) is 2.39. The normalized spacial score (nSPS) is 16.9. The predicted molar refractivity (Wildman–Crippen MR) is 66.3 cm³/mol. The minimum absolute atomic E-state index is 0.632. The number of rotatable bonds is 1. The largest absolute Gasteiger partial charge is 0.369 e. The molecule has 2 nitrogen and oxygen atoms in total. The number of hydrogen-bond donors (Lipinski definition) is 1. The number of anilines is 1. The minimum atomic E-state index is 0.632. The highest BCUT2D eigenvalue weighted by atomic mass is 35.5. The first-order valence-electron chi connectivity index (χ1n) is 5.10. The molecule has 0 atom stereocenters. The molecule has 1 aliphatic rings. The summed E-state index contributed by atoms with van der Waals surface area (Å²) < 4.78 is 0. The van der Waals surface area contributed by atoms with E-state index < -0.39 is 0 Å². The number of piperazine rings is 1. The fourth-order valence-corrected chi connectivity index (χ4v) is 2.26. The fraction of sp³-hybridized carbons (Fsp3) is 0.455. The molecule has 1 saturated heterocycles. The molecule has 82 valence electrons. The molecule has 0 saturated carbocycles. The van der Waals surface area contributed by atoms with Gasteiger partial charge < -0.3 is 10.2 Å². The summed E-state index contributed by atoms with van der Waals surface area (Å²) in [5.74, 6) is 0. The average Bonchev–Trinajstić information content (AvgIpc) is 2.25. The van der Waals surface area contributed by atoms with Gasteiger partial charge >= 0.3 is 0 Å². The Bertz CT molecular complexity index is 360. The Morgan fingerprint density at radius 3 is 2.40 bits per heavy atom. The summed E-state index contributed by atoms with van der Waals surface area (Å²) in [5, 5.41) is 4.60. The van der Waals surface area contributed by atoms with E-state index in [4.69, 9.17) is 23.2 Å². The topological polar surface area (TPSA) is 15.3 Å². The number of halogens is 2. The molecule has 1 fully saturated rings. The van der Waals surface area contributed by atoms with Crippen LogP contribution in [0, 0.1) is 6.92 Å². The molecule has 2 rings (SSSR count). The van der Waals surface area contributed by atoms with E-state index in [1.165, 1.54) is 11.3 Å². The van der Waals surface area contributed by atoms with Gasteiger partial charge in [0.05, 0.1) is 10.0 Å². The maximum absolute atomic E-state index is 6.03. The molecule has 1 aliphatic heterocycles. The van der Waals surface area contributed by atoms with Gasteiger partial charge in [-0.3, -0.25) is 0 Å². The van der Waals surface area contributed by atoms with Gasteiger partial charge in [0.25, 0.3) is 0 Å². The zero-order valence-electron chi connectivity index (χ0n) is 8.69. The van der Waals surface area contributed by atoms with Crippen molar-refractivity contribution in [2.75, 3.05) is 31.1 Å². The van der Waals surface area contributed by atoms with Crippen LogP contribution in [0.15, 0.2) is 12.1 Å². The van der Waals surface area contributed by atoms with Crippen molar-refractivity contribution in [2.45, 2.75) is 6.92 Å². The van der Waals surface area contributed by atoms with Gasteiger partial charge in [-0.15, -0.1) is 0 Å². The number of benzene rings is 1. The molecule has 1 heterocycles. The van der Waals surface area contributed by atoms with E-state index in [0.717, 1.165) is 26.2 Å². The summed E-state index contributed by atoms with van der Waals surface area (Å²) in [6.45, 7) is 6.18. The molecule has 0 spiro atoms. The number of hydrogen-bond acceptors (Lipinski definition) is 2. The Morgan fingerprint density at radius 1 is 1.13 bits per heavy atom. The van der Waals surface area contributed by atoms with E-state index in [1.54, 1.807) is 0 Å². The van der Waals surface area contributed by atoms with Crippen LogP contribution >= 0.6 is 23.2 Å². The number of aryl methyl sites for hydroxylation is 1. The van der Waals surface area contributed by atoms with Crippen LogP contribution in [0.25, 0.3) is 0 Å². The van der Waals surface area contributed by atoms with Gasteiger partial charge in [-0.2, -0.15) is 0 Å². The molecule has 4 heteroatoms. The predicted octanol–water partition coefficient (Wildman–Crippen LogP) is 2.71. The summed E-state index contributed by atoms with van der Waals surface area (Å²) in [6.07, 6.45) is 0. The summed E-state index contributed by atoms with van der Waals surface area (Å²) in [6, 6.07) is 3.89. The first-order valence-corrected chi connectivity index (χ1v) is 5.85. The minimum Gasteiger partial charge on any atom is -0.369 e. The Kier molecular flexibility index (Phi) is 3.39. The maximum atomic E-state index is 6.03. The van der Waals surface area contributed by atoms with Crippen LogP contribution in [-0.2, 0) is 0 Å². The Labute approximate surface area is 100 Å². The van der Waals surface area contributed by atoms with Crippen molar-refractivity contribution < 1.29 is 0 Å². The quantitative estimate of drug-likeness (QED) is 0.818. The summed E-state index contributed by atoms with van der Waals surface area (Å²) in [7, 11) is 0. The highest BCUT2D eigenvalue weighted by molar-refractivity contribution is 6.42. The summed E-state index contributed by atoms with van der Waals surface area (Å²) in [4.78, 5) is 2.34. The van der Waals surface area contributed by atoms with Crippen molar-refractivity contribution in [3.8, 4) is 0 Å². The third kappa shape index (κ3) is 2.39. The van der Waals surface area contributed by atoms with E-state index in [-0.39, 0.29) is 0 Å². The second-order valence-electron chi connectivity index (χ2n) is 3.79. The van der Waals surface area contributed by atoms with Crippen molar-refractivity contribution in [1.29, 1.82) is 0 Å². The van der Waals surface area contributed by atoms with Crippen molar-refractivity contribution in [3.05, 3.63) is 27.7 Å². The highest BCUT2D eigenvalue weighted by Gasteiger charge is 2.14. The Hall–Kier alpha value is -0.440. The molecule has 15 heavy (non-hydrogen) atoms. The van der Waals surface area contributed by atoms with Crippen LogP contribution in [0.5, 0.6) is 0 Å². The first-order chi connectivity index (χ1) is 7.18. The van der Waals surface area contributed by atoms with Gasteiger partial charge in [0.1, 0.15) is 0 Å². The van der Waals surface area contributed by atoms with Crippen molar-refractivity contribution in [2.24, 2.45) is 0 Å². The second kappa shape index (κ2) is 4.60. The molecule has 1 aromatic rings. The van der Waals surface area contributed by atoms with Crippen LogP contribution in [0.3, 0.4) is 0 Å². The van der Waals surface area contributed by atoms with E-state index in [9.17, 15) is 0 Å². The molecular weight excluding hydrogens is 231 g/mol. The standard InChI is InChI=1S/C11H14Cl2N2/c1-8-6-9(12)10(13)7-11(8)15-4-2-14-3-5-15/h6-7,14H,2-5H2,1H3. The molecule has 0 amide bonds. The van der Waals surface area contributed by atoms with E-state index >= 15 is 0 Å². The van der Waals surface area contributed by atoms with Crippen molar-refractivity contribution in [1.82, 2.24) is 5.32 Å². The van der Waals surface area contributed by atoms with Gasteiger partial charge in [0.2, 0.25) is 0 Å². The van der Waals surface area contributed by atoms with Gasteiger partial charge in [-0.25, -0.2) is 0 Å². The molecule has 0 unspecified atom stereocenters. The van der Waals surface area contributed by atoms with Crippen LogP contribution in [-0.4, -0.2) is 26.2 Å². The maximum Gasteiger partial charge on any atom is 0.0613 e. The third-order valence-electron chi connectivity index (χ3n) is 2.70. The Morgan fingerprint density at radius 2 is 1.73 bits per heavy atom. The highest BCUT2D eigenvalue weighted by Crippen LogP contribution is 2.30. The SMILES string of the molecule is Cc1cc(Cl)c(Cl)cc1N1CCNCC1. The van der Waals surface area contributed by atoms with Crippen LogP contribution in [0.2, 0.25) is 10.0 Å². The smallest absolute Gasteiger partial charge is 0.0613 e. The lowest BCUT2D eigenvalue weighted by Gasteiger charge is -2.31. The van der Waals surface area contributed by atoms with Gasteiger partial charge in [-0.1, -0.05) is 23.2 Å². The van der Waals surface area contributed by atoms with E-state index in [2.05, 4.69) is 17.1 Å². The van der Waals surface area contributed by atoms with Gasteiger partial charge in [-0.05, 0) is 24.6 Å². The van der Waals surface area contributed by atoms with Crippen molar-refractivity contribution in [3.63, 3.8) is 0 Å². The summed E-state index contributed by atoms with van der Waals surface area (Å²) >= 11 is 12.0. The van der Waals surface area contributed by atoms with E-state index in [0.29, 0.717) is 10.0 Å². The molecule has 1 N–H and O–H groups in total. The third-order valence-corrected chi connectivity index (χ3v) is 3.42. The first kappa shape index (κ1) is 11.1.